The quantitative estimate of drug-likeness (QED) is 0.748. The summed E-state index contributed by atoms with van der Waals surface area (Å²) in [5.74, 6) is -0.417. The molecule has 4 N–H and O–H groups in total. The number of primary amides is 1. The molecule has 16 heavy (non-hydrogen) atoms. The molecule has 0 heterocycles. The first-order valence-corrected chi connectivity index (χ1v) is 4.92. The molecule has 3 nitrogen and oxygen atoms in total. The molecule has 0 saturated carbocycles. The first-order valence-electron chi connectivity index (χ1n) is 4.92. The first kappa shape index (κ1) is 10.2. The summed E-state index contributed by atoms with van der Waals surface area (Å²) in [4.78, 5) is 10.9. The van der Waals surface area contributed by atoms with Gasteiger partial charge in [-0.1, -0.05) is 24.3 Å². The highest BCUT2D eigenvalue weighted by atomic mass is 16.1. The Balaban J connectivity index is 2.38. The van der Waals surface area contributed by atoms with E-state index in [1.54, 1.807) is 12.1 Å². The fourth-order valence-electron chi connectivity index (χ4n) is 1.55. The van der Waals surface area contributed by atoms with Crippen molar-refractivity contribution in [1.29, 1.82) is 0 Å². The summed E-state index contributed by atoms with van der Waals surface area (Å²) < 4.78 is 0. The summed E-state index contributed by atoms with van der Waals surface area (Å²) in [6.07, 6.45) is 0. The zero-order valence-corrected chi connectivity index (χ0v) is 8.68. The van der Waals surface area contributed by atoms with E-state index in [1.807, 2.05) is 36.4 Å². The molecule has 1 amide bonds. The van der Waals surface area contributed by atoms with Crippen molar-refractivity contribution in [3.8, 4) is 11.1 Å². The predicted octanol–water partition coefficient (Wildman–Crippen LogP) is 2.03. The average molecular weight is 212 g/mol. The van der Waals surface area contributed by atoms with Crippen LogP contribution in [0.4, 0.5) is 5.69 Å². The van der Waals surface area contributed by atoms with E-state index in [-0.39, 0.29) is 0 Å². The summed E-state index contributed by atoms with van der Waals surface area (Å²) in [5, 5.41) is 0. The number of anilines is 1. The molecule has 0 unspecified atom stereocenters. The molecule has 0 aliphatic carbocycles. The molecule has 2 aromatic rings. The Morgan fingerprint density at radius 1 is 0.938 bits per heavy atom. The monoisotopic (exact) mass is 212 g/mol. The van der Waals surface area contributed by atoms with Crippen LogP contribution >= 0.6 is 0 Å². The summed E-state index contributed by atoms with van der Waals surface area (Å²) >= 11 is 0. The Kier molecular flexibility index (Phi) is 2.60. The topological polar surface area (TPSA) is 69.1 Å². The van der Waals surface area contributed by atoms with E-state index < -0.39 is 5.91 Å². The maximum Gasteiger partial charge on any atom is 0.248 e. The smallest absolute Gasteiger partial charge is 0.248 e. The third-order valence-electron chi connectivity index (χ3n) is 2.39. The maximum absolute atomic E-state index is 10.9. The second kappa shape index (κ2) is 4.06. The van der Waals surface area contributed by atoms with Crippen molar-refractivity contribution in [1.82, 2.24) is 0 Å². The van der Waals surface area contributed by atoms with Crippen molar-refractivity contribution in [2.75, 3.05) is 5.73 Å². The number of hydrogen-bond donors (Lipinski definition) is 2. The van der Waals surface area contributed by atoms with Crippen molar-refractivity contribution < 1.29 is 4.79 Å². The number of amides is 1. The van der Waals surface area contributed by atoms with Crippen LogP contribution in [-0.4, -0.2) is 5.91 Å². The van der Waals surface area contributed by atoms with Gasteiger partial charge in [0.1, 0.15) is 0 Å². The lowest BCUT2D eigenvalue weighted by molar-refractivity contribution is 0.100. The van der Waals surface area contributed by atoms with Gasteiger partial charge in [-0.15, -0.1) is 0 Å². The minimum absolute atomic E-state index is 0.417. The van der Waals surface area contributed by atoms with Gasteiger partial charge >= 0.3 is 0 Å². The molecule has 0 radical (unpaired) electrons. The van der Waals surface area contributed by atoms with E-state index in [4.69, 9.17) is 11.5 Å². The van der Waals surface area contributed by atoms with Crippen LogP contribution in [0.2, 0.25) is 0 Å². The van der Waals surface area contributed by atoms with Crippen LogP contribution in [0.1, 0.15) is 10.4 Å². The molecule has 0 saturated heterocycles. The largest absolute Gasteiger partial charge is 0.399 e. The van der Waals surface area contributed by atoms with E-state index >= 15 is 0 Å². The van der Waals surface area contributed by atoms with Crippen molar-refractivity contribution in [3.63, 3.8) is 0 Å². The number of carbonyl (C=O) groups is 1. The SMILES string of the molecule is NC(=O)c1ccc(-c2cccc(N)c2)cc1. The third-order valence-corrected chi connectivity index (χ3v) is 2.39. The molecule has 0 fully saturated rings. The zero-order chi connectivity index (χ0) is 11.5. The second-order valence-corrected chi connectivity index (χ2v) is 3.57. The van der Waals surface area contributed by atoms with Gasteiger partial charge in [-0.05, 0) is 35.4 Å². The Hall–Kier alpha value is -2.29. The number of hydrogen-bond acceptors (Lipinski definition) is 2. The second-order valence-electron chi connectivity index (χ2n) is 3.57. The van der Waals surface area contributed by atoms with E-state index in [2.05, 4.69) is 0 Å². The van der Waals surface area contributed by atoms with Gasteiger partial charge in [0.15, 0.2) is 0 Å². The fraction of sp³-hybridized carbons (Fsp3) is 0. The lowest BCUT2D eigenvalue weighted by Crippen LogP contribution is -2.10. The van der Waals surface area contributed by atoms with Crippen molar-refractivity contribution in [2.45, 2.75) is 0 Å². The Bertz CT molecular complexity index is 518. The van der Waals surface area contributed by atoms with Gasteiger partial charge in [-0.25, -0.2) is 0 Å². The van der Waals surface area contributed by atoms with Crippen LogP contribution in [-0.2, 0) is 0 Å². The van der Waals surface area contributed by atoms with Crippen LogP contribution in [0.15, 0.2) is 48.5 Å². The highest BCUT2D eigenvalue weighted by Gasteiger charge is 2.01. The van der Waals surface area contributed by atoms with Gasteiger partial charge in [0.05, 0.1) is 0 Å². The zero-order valence-electron chi connectivity index (χ0n) is 8.68. The molecule has 3 heteroatoms. The summed E-state index contributed by atoms with van der Waals surface area (Å²) in [5.41, 5.74) is 14.1. The first-order chi connectivity index (χ1) is 7.66. The summed E-state index contributed by atoms with van der Waals surface area (Å²) in [7, 11) is 0. The fourth-order valence-corrected chi connectivity index (χ4v) is 1.55. The van der Waals surface area contributed by atoms with E-state index in [9.17, 15) is 4.79 Å². The molecule has 0 spiro atoms. The van der Waals surface area contributed by atoms with Crippen LogP contribution in [0, 0.1) is 0 Å². The van der Waals surface area contributed by atoms with Crippen LogP contribution in [0.3, 0.4) is 0 Å². The van der Waals surface area contributed by atoms with Crippen LogP contribution in [0.5, 0.6) is 0 Å². The standard InChI is InChI=1S/C13H12N2O/c14-12-3-1-2-11(8-12)9-4-6-10(7-5-9)13(15)16/h1-8H,14H2,(H2,15,16). The molecular formula is C13H12N2O. The Labute approximate surface area is 93.7 Å². The lowest BCUT2D eigenvalue weighted by atomic mass is 10.0. The number of benzene rings is 2. The number of nitrogen functional groups attached to an aromatic ring is 1. The van der Waals surface area contributed by atoms with Crippen molar-refractivity contribution in [2.24, 2.45) is 5.73 Å². The molecular weight excluding hydrogens is 200 g/mol. The predicted molar refractivity (Wildman–Crippen MR) is 64.8 cm³/mol. The molecule has 80 valence electrons. The van der Waals surface area contributed by atoms with Gasteiger partial charge in [0.2, 0.25) is 5.91 Å². The van der Waals surface area contributed by atoms with Gasteiger partial charge < -0.3 is 11.5 Å². The van der Waals surface area contributed by atoms with E-state index in [0.29, 0.717) is 5.56 Å². The third kappa shape index (κ3) is 2.03. The highest BCUT2D eigenvalue weighted by molar-refractivity contribution is 5.93. The van der Waals surface area contributed by atoms with Crippen molar-refractivity contribution in [3.05, 3.63) is 54.1 Å². The van der Waals surface area contributed by atoms with Crippen LogP contribution < -0.4 is 11.5 Å². The molecule has 0 aliphatic rings. The minimum Gasteiger partial charge on any atom is -0.399 e. The van der Waals surface area contributed by atoms with E-state index in [1.165, 1.54) is 0 Å². The van der Waals surface area contributed by atoms with Gasteiger partial charge in [0.25, 0.3) is 0 Å². The normalized spacial score (nSPS) is 10.0. The van der Waals surface area contributed by atoms with Gasteiger partial charge in [0, 0.05) is 11.3 Å². The van der Waals surface area contributed by atoms with Gasteiger partial charge in [-0.3, -0.25) is 4.79 Å². The number of carbonyl (C=O) groups excluding carboxylic acids is 1. The van der Waals surface area contributed by atoms with Gasteiger partial charge in [-0.2, -0.15) is 0 Å². The molecule has 0 atom stereocenters. The molecule has 0 aliphatic heterocycles. The molecule has 2 aromatic carbocycles. The lowest BCUT2D eigenvalue weighted by Gasteiger charge is -2.03. The number of nitrogens with two attached hydrogens (primary N) is 2. The number of rotatable bonds is 2. The average Bonchev–Trinajstić information content (AvgIpc) is 2.29. The molecule has 0 aromatic heterocycles. The van der Waals surface area contributed by atoms with Crippen LogP contribution in [0.25, 0.3) is 11.1 Å². The summed E-state index contributed by atoms with van der Waals surface area (Å²) in [6.45, 7) is 0. The summed E-state index contributed by atoms with van der Waals surface area (Å²) in [6, 6.07) is 14.7. The molecule has 2 rings (SSSR count). The Morgan fingerprint density at radius 2 is 1.62 bits per heavy atom. The minimum atomic E-state index is -0.417. The molecule has 0 bridgehead atoms. The highest BCUT2D eigenvalue weighted by Crippen LogP contribution is 2.21. The Morgan fingerprint density at radius 3 is 2.19 bits per heavy atom. The van der Waals surface area contributed by atoms with E-state index in [0.717, 1.165) is 16.8 Å². The maximum atomic E-state index is 10.9. The van der Waals surface area contributed by atoms with Crippen molar-refractivity contribution >= 4 is 11.6 Å².